The maximum Gasteiger partial charge on any atom is 0.174 e. The van der Waals surface area contributed by atoms with Gasteiger partial charge in [0.2, 0.25) is 0 Å². The number of aryl methyl sites for hydroxylation is 1. The van der Waals surface area contributed by atoms with E-state index < -0.39 is 0 Å². The SMILES string of the molecule is CCOc1cc(CNc2ccc(C)cc2)cc(I)c1OCc1ccc(F)cc1. The Kier molecular flexibility index (Phi) is 7.14. The minimum atomic E-state index is -0.251. The van der Waals surface area contributed by atoms with Gasteiger partial charge in [-0.05, 0) is 84.0 Å². The van der Waals surface area contributed by atoms with Crippen molar-refractivity contribution in [3.8, 4) is 11.5 Å². The summed E-state index contributed by atoms with van der Waals surface area (Å²) < 4.78 is 25.9. The molecule has 0 saturated carbocycles. The maximum absolute atomic E-state index is 13.1. The first kappa shape index (κ1) is 20.5. The molecule has 0 amide bonds. The van der Waals surface area contributed by atoms with E-state index in [4.69, 9.17) is 9.47 Å². The summed E-state index contributed by atoms with van der Waals surface area (Å²) in [5.41, 5.74) is 4.34. The number of ether oxygens (including phenoxy) is 2. The van der Waals surface area contributed by atoms with Crippen molar-refractivity contribution in [1.82, 2.24) is 0 Å². The summed E-state index contributed by atoms with van der Waals surface area (Å²) in [5, 5.41) is 3.43. The first-order chi connectivity index (χ1) is 13.5. The number of hydrogen-bond donors (Lipinski definition) is 1. The molecule has 0 saturated heterocycles. The van der Waals surface area contributed by atoms with Gasteiger partial charge in [-0.25, -0.2) is 4.39 Å². The Labute approximate surface area is 179 Å². The molecule has 0 aromatic heterocycles. The maximum atomic E-state index is 13.1. The van der Waals surface area contributed by atoms with Gasteiger partial charge in [-0.1, -0.05) is 29.8 Å². The van der Waals surface area contributed by atoms with E-state index in [0.29, 0.717) is 25.5 Å². The summed E-state index contributed by atoms with van der Waals surface area (Å²) in [6.45, 7) is 5.63. The molecule has 0 bridgehead atoms. The van der Waals surface area contributed by atoms with Gasteiger partial charge in [0, 0.05) is 12.2 Å². The highest BCUT2D eigenvalue weighted by Gasteiger charge is 2.13. The first-order valence-corrected chi connectivity index (χ1v) is 10.3. The third kappa shape index (κ3) is 5.61. The van der Waals surface area contributed by atoms with Crippen molar-refractivity contribution < 1.29 is 13.9 Å². The number of halogens is 2. The lowest BCUT2D eigenvalue weighted by Crippen LogP contribution is -2.05. The first-order valence-electron chi connectivity index (χ1n) is 9.18. The molecule has 0 unspecified atom stereocenters. The smallest absolute Gasteiger partial charge is 0.174 e. The van der Waals surface area contributed by atoms with Crippen LogP contribution in [0.5, 0.6) is 11.5 Å². The van der Waals surface area contributed by atoms with Gasteiger partial charge in [0.25, 0.3) is 0 Å². The minimum Gasteiger partial charge on any atom is -0.490 e. The van der Waals surface area contributed by atoms with Gasteiger partial charge in [0.1, 0.15) is 12.4 Å². The van der Waals surface area contributed by atoms with Crippen LogP contribution in [0.25, 0.3) is 0 Å². The number of benzene rings is 3. The molecule has 0 radical (unpaired) electrons. The number of anilines is 1. The van der Waals surface area contributed by atoms with E-state index in [0.717, 1.165) is 26.1 Å². The van der Waals surface area contributed by atoms with Crippen LogP contribution >= 0.6 is 22.6 Å². The summed E-state index contributed by atoms with van der Waals surface area (Å²) in [6.07, 6.45) is 0. The lowest BCUT2D eigenvalue weighted by Gasteiger charge is -2.16. The summed E-state index contributed by atoms with van der Waals surface area (Å²) >= 11 is 2.27. The third-order valence-electron chi connectivity index (χ3n) is 4.21. The van der Waals surface area contributed by atoms with Crippen LogP contribution < -0.4 is 14.8 Å². The molecular formula is C23H23FINO2. The molecule has 3 aromatic carbocycles. The van der Waals surface area contributed by atoms with Crippen molar-refractivity contribution in [1.29, 1.82) is 0 Å². The minimum absolute atomic E-state index is 0.251. The predicted molar refractivity (Wildman–Crippen MR) is 120 cm³/mol. The molecule has 3 rings (SSSR count). The quantitative estimate of drug-likeness (QED) is 0.374. The average molecular weight is 491 g/mol. The zero-order valence-corrected chi connectivity index (χ0v) is 18.1. The fourth-order valence-electron chi connectivity index (χ4n) is 2.74. The van der Waals surface area contributed by atoms with E-state index in [2.05, 4.69) is 65.2 Å². The summed E-state index contributed by atoms with van der Waals surface area (Å²) in [7, 11) is 0. The molecule has 0 aliphatic rings. The molecule has 0 heterocycles. The second-order valence-electron chi connectivity index (χ2n) is 6.47. The van der Waals surface area contributed by atoms with E-state index in [1.165, 1.54) is 17.7 Å². The highest BCUT2D eigenvalue weighted by molar-refractivity contribution is 14.1. The van der Waals surface area contributed by atoms with Gasteiger partial charge in [0.05, 0.1) is 10.2 Å². The van der Waals surface area contributed by atoms with Crippen LogP contribution in [0.15, 0.2) is 60.7 Å². The molecule has 1 N–H and O–H groups in total. The Hall–Kier alpha value is -2.28. The topological polar surface area (TPSA) is 30.5 Å². The molecule has 3 aromatic rings. The Morgan fingerprint density at radius 2 is 1.64 bits per heavy atom. The average Bonchev–Trinajstić information content (AvgIpc) is 2.68. The molecule has 0 fully saturated rings. The second-order valence-corrected chi connectivity index (χ2v) is 7.63. The Morgan fingerprint density at radius 3 is 2.32 bits per heavy atom. The third-order valence-corrected chi connectivity index (χ3v) is 5.02. The van der Waals surface area contributed by atoms with E-state index in [9.17, 15) is 4.39 Å². The van der Waals surface area contributed by atoms with Crippen molar-refractivity contribution >= 4 is 28.3 Å². The predicted octanol–water partition coefficient (Wildman–Crippen LogP) is 6.33. The molecule has 0 aliphatic carbocycles. The Morgan fingerprint density at radius 1 is 0.929 bits per heavy atom. The number of hydrogen-bond acceptors (Lipinski definition) is 3. The Balaban J connectivity index is 1.73. The van der Waals surface area contributed by atoms with Crippen LogP contribution in [0.1, 0.15) is 23.6 Å². The van der Waals surface area contributed by atoms with Gasteiger partial charge >= 0.3 is 0 Å². The van der Waals surface area contributed by atoms with Crippen molar-refractivity contribution in [3.63, 3.8) is 0 Å². The standard InChI is InChI=1S/C23H23FINO2/c1-3-27-22-13-18(14-26-20-10-4-16(2)5-11-20)12-21(25)23(22)28-15-17-6-8-19(24)9-7-17/h4-13,26H,3,14-15H2,1-2H3. The van der Waals surface area contributed by atoms with Gasteiger partial charge in [-0.15, -0.1) is 0 Å². The van der Waals surface area contributed by atoms with E-state index >= 15 is 0 Å². The number of nitrogens with one attached hydrogen (secondary N) is 1. The molecule has 3 nitrogen and oxygen atoms in total. The monoisotopic (exact) mass is 491 g/mol. The van der Waals surface area contributed by atoms with Crippen LogP contribution in [0.4, 0.5) is 10.1 Å². The zero-order chi connectivity index (χ0) is 19.9. The molecule has 5 heteroatoms. The highest BCUT2D eigenvalue weighted by atomic mass is 127. The summed E-state index contributed by atoms with van der Waals surface area (Å²) in [6, 6.07) is 18.7. The van der Waals surface area contributed by atoms with Crippen LogP contribution in [-0.2, 0) is 13.2 Å². The fourth-order valence-corrected chi connectivity index (χ4v) is 3.56. The molecular weight excluding hydrogens is 468 g/mol. The molecule has 0 aliphatic heterocycles. The van der Waals surface area contributed by atoms with Crippen molar-refractivity contribution in [2.45, 2.75) is 27.0 Å². The van der Waals surface area contributed by atoms with Crippen molar-refractivity contribution in [3.05, 3.63) is 86.7 Å². The van der Waals surface area contributed by atoms with Crippen LogP contribution in [0.2, 0.25) is 0 Å². The lowest BCUT2D eigenvalue weighted by atomic mass is 10.1. The van der Waals surface area contributed by atoms with E-state index in [-0.39, 0.29) is 5.82 Å². The van der Waals surface area contributed by atoms with Crippen LogP contribution in [-0.4, -0.2) is 6.61 Å². The molecule has 0 spiro atoms. The van der Waals surface area contributed by atoms with Crippen molar-refractivity contribution in [2.24, 2.45) is 0 Å². The van der Waals surface area contributed by atoms with Gasteiger partial charge < -0.3 is 14.8 Å². The normalized spacial score (nSPS) is 10.6. The van der Waals surface area contributed by atoms with Crippen molar-refractivity contribution in [2.75, 3.05) is 11.9 Å². The van der Waals surface area contributed by atoms with E-state index in [1.54, 1.807) is 12.1 Å². The van der Waals surface area contributed by atoms with E-state index in [1.807, 2.05) is 13.0 Å². The largest absolute Gasteiger partial charge is 0.490 e. The second kappa shape index (κ2) is 9.78. The van der Waals surface area contributed by atoms with Crippen LogP contribution in [0.3, 0.4) is 0 Å². The zero-order valence-electron chi connectivity index (χ0n) is 16.0. The Bertz CT molecular complexity index is 911. The number of rotatable bonds is 8. The fraction of sp³-hybridized carbons (Fsp3) is 0.217. The molecule has 0 atom stereocenters. The van der Waals surface area contributed by atoms with Gasteiger partial charge in [0.15, 0.2) is 11.5 Å². The highest BCUT2D eigenvalue weighted by Crippen LogP contribution is 2.35. The van der Waals surface area contributed by atoms with Gasteiger partial charge in [-0.2, -0.15) is 0 Å². The van der Waals surface area contributed by atoms with Gasteiger partial charge in [-0.3, -0.25) is 0 Å². The molecule has 28 heavy (non-hydrogen) atoms. The van der Waals surface area contributed by atoms with Crippen LogP contribution in [0, 0.1) is 16.3 Å². The lowest BCUT2D eigenvalue weighted by molar-refractivity contribution is 0.267. The summed E-state index contributed by atoms with van der Waals surface area (Å²) in [4.78, 5) is 0. The summed E-state index contributed by atoms with van der Waals surface area (Å²) in [5.74, 6) is 1.18. The molecule has 146 valence electrons.